The summed E-state index contributed by atoms with van der Waals surface area (Å²) in [6.45, 7) is 0. The monoisotopic (exact) mass is 365 g/mol. The molecule has 0 aromatic carbocycles. The molecule has 0 radical (unpaired) electrons. The molecule has 3 aromatic heterocycles. The lowest BCUT2D eigenvalue weighted by Crippen LogP contribution is -2.70. The maximum atomic E-state index is 9.75. The lowest BCUT2D eigenvalue weighted by molar-refractivity contribution is -0.454. The molecule has 3 rings (SSSR count). The minimum atomic E-state index is -6.00. The van der Waals surface area contributed by atoms with Gasteiger partial charge < -0.3 is 23.0 Å². The first-order chi connectivity index (χ1) is 10.3. The van der Waals surface area contributed by atoms with E-state index in [4.69, 9.17) is 0 Å². The topological polar surface area (TPSA) is 27.6 Å². The van der Waals surface area contributed by atoms with Gasteiger partial charge in [0.15, 0.2) is 5.54 Å². The first kappa shape index (κ1) is 17.2. The van der Waals surface area contributed by atoms with Crippen molar-refractivity contribution in [3.05, 3.63) is 67.2 Å². The molecular formula is C13H12BF4NS3. The molecule has 22 heavy (non-hydrogen) atoms. The highest BCUT2D eigenvalue weighted by molar-refractivity contribution is 7.08. The van der Waals surface area contributed by atoms with Crippen molar-refractivity contribution in [3.63, 3.8) is 0 Å². The first-order valence-electron chi connectivity index (χ1n) is 6.12. The molecule has 1 nitrogen and oxygen atoms in total. The molecule has 3 heterocycles. The maximum Gasteiger partial charge on any atom is 0.673 e. The lowest BCUT2D eigenvalue weighted by atomic mass is 9.82. The summed E-state index contributed by atoms with van der Waals surface area (Å²) in [5.41, 5.74) is 8.10. The van der Waals surface area contributed by atoms with Crippen molar-refractivity contribution in [3.8, 4) is 0 Å². The zero-order chi connectivity index (χ0) is 16.2. The Morgan fingerprint density at radius 1 is 0.727 bits per heavy atom. The van der Waals surface area contributed by atoms with E-state index in [-0.39, 0.29) is 5.54 Å². The molecule has 0 spiro atoms. The third kappa shape index (κ3) is 4.19. The van der Waals surface area contributed by atoms with E-state index < -0.39 is 7.25 Å². The molecule has 0 aliphatic heterocycles. The van der Waals surface area contributed by atoms with Crippen LogP contribution in [0, 0.1) is 0 Å². The van der Waals surface area contributed by atoms with Crippen LogP contribution in [0.1, 0.15) is 16.7 Å². The van der Waals surface area contributed by atoms with Gasteiger partial charge in [0.05, 0.1) is 0 Å². The van der Waals surface area contributed by atoms with Crippen LogP contribution in [0.4, 0.5) is 17.3 Å². The Bertz CT molecular complexity index is 573. The molecule has 3 aromatic rings. The van der Waals surface area contributed by atoms with E-state index in [1.165, 1.54) is 16.7 Å². The third-order valence-electron chi connectivity index (χ3n) is 3.04. The second-order valence-corrected chi connectivity index (χ2v) is 6.78. The van der Waals surface area contributed by atoms with Crippen LogP contribution in [0.15, 0.2) is 50.5 Å². The van der Waals surface area contributed by atoms with Gasteiger partial charge in [0.1, 0.15) is 0 Å². The molecule has 0 saturated heterocycles. The van der Waals surface area contributed by atoms with E-state index in [1.807, 2.05) is 0 Å². The summed E-state index contributed by atoms with van der Waals surface area (Å²) in [5, 5.41) is 12.9. The van der Waals surface area contributed by atoms with Crippen molar-refractivity contribution >= 4 is 41.3 Å². The molecule has 9 heteroatoms. The maximum absolute atomic E-state index is 9.75. The standard InChI is InChI=1S/C13H11NS3.BF4/c14-13(10-1-4-15-7-10,11-2-5-16-8-11)12-3-6-17-9-12;2-1(3,4)5/h1-9H,14H2;/q;-1/p+1. The largest absolute Gasteiger partial charge is 0.673 e. The molecular weight excluding hydrogens is 353 g/mol. The first-order valence-corrected chi connectivity index (χ1v) is 8.95. The Hall–Kier alpha value is -1.16. The molecule has 0 aliphatic carbocycles. The van der Waals surface area contributed by atoms with Crippen LogP contribution >= 0.6 is 34.0 Å². The van der Waals surface area contributed by atoms with Crippen molar-refractivity contribution in [2.24, 2.45) is 0 Å². The summed E-state index contributed by atoms with van der Waals surface area (Å²) < 4.78 is 39.0. The molecule has 0 unspecified atom stereocenters. The summed E-state index contributed by atoms with van der Waals surface area (Å²) in [6.07, 6.45) is 0. The highest BCUT2D eigenvalue weighted by Gasteiger charge is 2.37. The van der Waals surface area contributed by atoms with Crippen LogP contribution in [0.3, 0.4) is 0 Å². The van der Waals surface area contributed by atoms with Gasteiger partial charge in [0, 0.05) is 32.8 Å². The number of hydrogen-bond acceptors (Lipinski definition) is 3. The number of hydrogen-bond donors (Lipinski definition) is 1. The van der Waals surface area contributed by atoms with Crippen molar-refractivity contribution in [1.82, 2.24) is 0 Å². The number of halogens is 4. The molecule has 3 N–H and O–H groups in total. The van der Waals surface area contributed by atoms with E-state index in [2.05, 4.69) is 56.2 Å². The van der Waals surface area contributed by atoms with Gasteiger partial charge in [0.25, 0.3) is 0 Å². The van der Waals surface area contributed by atoms with Crippen molar-refractivity contribution < 1.29 is 23.0 Å². The summed E-state index contributed by atoms with van der Waals surface area (Å²) in [7, 11) is -6.00. The van der Waals surface area contributed by atoms with Gasteiger partial charge in [-0.05, 0) is 34.3 Å². The summed E-state index contributed by atoms with van der Waals surface area (Å²) in [5.74, 6) is 0. The van der Waals surface area contributed by atoms with E-state index in [0.717, 1.165) is 0 Å². The van der Waals surface area contributed by atoms with Crippen LogP contribution in [-0.2, 0) is 5.54 Å². The van der Waals surface area contributed by atoms with E-state index in [1.54, 1.807) is 34.0 Å². The SMILES string of the molecule is F[B-](F)(F)F.[NH3+]C(c1ccsc1)(c1ccsc1)c1ccsc1. The Kier molecular flexibility index (Phi) is 5.43. The normalized spacial score (nSPS) is 11.9. The Balaban J connectivity index is 0.000000309. The van der Waals surface area contributed by atoms with Crippen LogP contribution in [0.2, 0.25) is 0 Å². The Labute approximate surface area is 137 Å². The Morgan fingerprint density at radius 2 is 1.00 bits per heavy atom. The fourth-order valence-electron chi connectivity index (χ4n) is 2.02. The summed E-state index contributed by atoms with van der Waals surface area (Å²) in [6, 6.07) is 6.52. The molecule has 0 aliphatic rings. The van der Waals surface area contributed by atoms with Gasteiger partial charge in [-0.15, -0.1) is 0 Å². The quantitative estimate of drug-likeness (QED) is 0.515. The number of rotatable bonds is 3. The molecule has 0 bridgehead atoms. The second kappa shape index (κ2) is 6.95. The molecule has 0 amide bonds. The number of thiophene rings is 3. The van der Waals surface area contributed by atoms with Gasteiger partial charge in [-0.25, -0.2) is 0 Å². The Morgan fingerprint density at radius 3 is 1.18 bits per heavy atom. The highest BCUT2D eigenvalue weighted by Crippen LogP contribution is 2.35. The molecule has 0 fully saturated rings. The minimum absolute atomic E-state index is 0.250. The predicted molar refractivity (Wildman–Crippen MR) is 85.9 cm³/mol. The predicted octanol–water partition coefficient (Wildman–Crippen LogP) is 4.70. The van der Waals surface area contributed by atoms with Crippen molar-refractivity contribution in [1.29, 1.82) is 0 Å². The van der Waals surface area contributed by atoms with Crippen LogP contribution in [0.5, 0.6) is 0 Å². The van der Waals surface area contributed by atoms with Crippen LogP contribution < -0.4 is 5.73 Å². The molecule has 118 valence electrons. The smallest absolute Gasteiger partial charge is 0.418 e. The molecule has 0 saturated carbocycles. The van der Waals surface area contributed by atoms with Crippen LogP contribution in [0.25, 0.3) is 0 Å². The third-order valence-corrected chi connectivity index (χ3v) is 5.09. The average molecular weight is 365 g/mol. The molecule has 0 atom stereocenters. The fraction of sp³-hybridized carbons (Fsp3) is 0.0769. The van der Waals surface area contributed by atoms with Gasteiger partial charge in [-0.2, -0.15) is 34.0 Å². The second-order valence-electron chi connectivity index (χ2n) is 4.44. The van der Waals surface area contributed by atoms with Gasteiger partial charge >= 0.3 is 7.25 Å². The van der Waals surface area contributed by atoms with E-state index in [9.17, 15) is 17.3 Å². The zero-order valence-corrected chi connectivity index (χ0v) is 13.7. The lowest BCUT2D eigenvalue weighted by Gasteiger charge is -2.23. The minimum Gasteiger partial charge on any atom is -0.418 e. The van der Waals surface area contributed by atoms with Crippen molar-refractivity contribution in [2.45, 2.75) is 5.54 Å². The van der Waals surface area contributed by atoms with Gasteiger partial charge in [-0.1, -0.05) is 0 Å². The van der Waals surface area contributed by atoms with Gasteiger partial charge in [-0.3, -0.25) is 0 Å². The summed E-state index contributed by atoms with van der Waals surface area (Å²) in [4.78, 5) is 0. The van der Waals surface area contributed by atoms with Crippen LogP contribution in [-0.4, -0.2) is 7.25 Å². The van der Waals surface area contributed by atoms with E-state index >= 15 is 0 Å². The fourth-order valence-corrected chi connectivity index (χ4v) is 4.21. The zero-order valence-electron chi connectivity index (χ0n) is 11.2. The van der Waals surface area contributed by atoms with Crippen molar-refractivity contribution in [2.75, 3.05) is 0 Å². The summed E-state index contributed by atoms with van der Waals surface area (Å²) >= 11 is 5.18. The average Bonchev–Trinajstić information content (AvgIpc) is 3.17. The number of quaternary nitrogens is 1. The van der Waals surface area contributed by atoms with Gasteiger partial charge in [0.2, 0.25) is 0 Å². The highest BCUT2D eigenvalue weighted by atomic mass is 32.1. The van der Waals surface area contributed by atoms with E-state index in [0.29, 0.717) is 0 Å².